The van der Waals surface area contributed by atoms with Crippen LogP contribution in [0.2, 0.25) is 0 Å². The molecule has 0 saturated heterocycles. The summed E-state index contributed by atoms with van der Waals surface area (Å²) in [6, 6.07) is 19.3. The molecule has 0 spiro atoms. The third-order valence-electron chi connectivity index (χ3n) is 5.29. The van der Waals surface area contributed by atoms with Crippen LogP contribution >= 0.6 is 0 Å². The largest absolute Gasteiger partial charge is 0.501 e. The van der Waals surface area contributed by atoms with E-state index in [4.69, 9.17) is 4.52 Å². The highest BCUT2D eigenvalue weighted by molar-refractivity contribution is 5.98. The van der Waals surface area contributed by atoms with Crippen LogP contribution in [0.4, 0.5) is 5.95 Å². The lowest BCUT2D eigenvalue weighted by Crippen LogP contribution is -2.33. The Balaban J connectivity index is 1.81. The Morgan fingerprint density at radius 3 is 2.22 bits per heavy atom. The van der Waals surface area contributed by atoms with Gasteiger partial charge in [-0.15, -0.1) is 0 Å². The van der Waals surface area contributed by atoms with E-state index in [1.165, 1.54) is 24.1 Å². The highest BCUT2D eigenvalue weighted by Crippen LogP contribution is 2.31. The summed E-state index contributed by atoms with van der Waals surface area (Å²) in [4.78, 5) is 31.8. The number of carbonyl (C=O) groups excluding carboxylic acids is 1. The maximum absolute atomic E-state index is 12.8. The van der Waals surface area contributed by atoms with E-state index in [9.17, 15) is 14.7 Å². The minimum atomic E-state index is -0.699. The van der Waals surface area contributed by atoms with E-state index in [1.54, 1.807) is 7.05 Å². The number of aromatic nitrogens is 3. The van der Waals surface area contributed by atoms with Gasteiger partial charge in [0.1, 0.15) is 6.26 Å². The Kier molecular flexibility index (Phi) is 5.85. The van der Waals surface area contributed by atoms with Gasteiger partial charge in [0, 0.05) is 26.1 Å². The predicted octanol–water partition coefficient (Wildman–Crippen LogP) is 3.13. The first-order valence-corrected chi connectivity index (χ1v) is 10.0. The molecule has 0 aliphatic rings. The van der Waals surface area contributed by atoms with Crippen LogP contribution in [0.5, 0.6) is 5.75 Å². The minimum Gasteiger partial charge on any atom is -0.501 e. The van der Waals surface area contributed by atoms with Crippen molar-refractivity contribution in [3.8, 4) is 5.75 Å². The quantitative estimate of drug-likeness (QED) is 0.450. The third kappa shape index (κ3) is 4.02. The third-order valence-corrected chi connectivity index (χ3v) is 5.29. The van der Waals surface area contributed by atoms with Crippen molar-refractivity contribution in [3.05, 3.63) is 106 Å². The molecule has 0 unspecified atom stereocenters. The first-order valence-electron chi connectivity index (χ1n) is 10.0. The molecule has 2 aromatic heterocycles. The number of ketones is 1. The molecule has 4 rings (SSSR count). The molecule has 0 aliphatic carbocycles. The molecule has 0 radical (unpaired) electrons. The SMILES string of the molecule is CN(c1nc(C(=O)Cc2cnoc2)c(O)c(=O)n1C)C(c1ccccc1)c1ccccc1. The summed E-state index contributed by atoms with van der Waals surface area (Å²) < 4.78 is 6.00. The van der Waals surface area contributed by atoms with Gasteiger partial charge in [-0.3, -0.25) is 14.2 Å². The van der Waals surface area contributed by atoms with Crippen LogP contribution in [-0.4, -0.2) is 32.6 Å². The smallest absolute Gasteiger partial charge is 0.297 e. The van der Waals surface area contributed by atoms with Crippen LogP contribution in [0.15, 0.2) is 82.4 Å². The van der Waals surface area contributed by atoms with Crippen molar-refractivity contribution in [1.82, 2.24) is 14.7 Å². The zero-order chi connectivity index (χ0) is 22.7. The number of rotatable bonds is 7. The van der Waals surface area contributed by atoms with Crippen molar-refractivity contribution in [2.24, 2.45) is 7.05 Å². The zero-order valence-corrected chi connectivity index (χ0v) is 17.7. The average molecular weight is 430 g/mol. The van der Waals surface area contributed by atoms with E-state index in [2.05, 4.69) is 10.1 Å². The summed E-state index contributed by atoms with van der Waals surface area (Å²) in [6.45, 7) is 0. The average Bonchev–Trinajstić information content (AvgIpc) is 3.32. The second-order valence-electron chi connectivity index (χ2n) is 7.44. The highest BCUT2D eigenvalue weighted by Gasteiger charge is 2.27. The lowest BCUT2D eigenvalue weighted by Gasteiger charge is -2.31. The van der Waals surface area contributed by atoms with E-state index < -0.39 is 17.1 Å². The van der Waals surface area contributed by atoms with Crippen LogP contribution in [-0.2, 0) is 13.5 Å². The van der Waals surface area contributed by atoms with Crippen molar-refractivity contribution in [2.45, 2.75) is 12.5 Å². The summed E-state index contributed by atoms with van der Waals surface area (Å²) in [5.74, 6) is -0.935. The zero-order valence-electron chi connectivity index (χ0n) is 17.7. The Morgan fingerprint density at radius 1 is 1.09 bits per heavy atom. The Labute approximate surface area is 184 Å². The molecule has 0 saturated carbocycles. The number of hydrogen-bond donors (Lipinski definition) is 1. The van der Waals surface area contributed by atoms with Crippen LogP contribution in [0, 0.1) is 0 Å². The van der Waals surface area contributed by atoms with Crippen molar-refractivity contribution < 1.29 is 14.4 Å². The molecule has 4 aromatic rings. The molecule has 0 aliphatic heterocycles. The molecule has 0 atom stereocenters. The number of nitrogens with zero attached hydrogens (tertiary/aromatic N) is 4. The summed E-state index contributed by atoms with van der Waals surface area (Å²) >= 11 is 0. The van der Waals surface area contributed by atoms with Crippen molar-refractivity contribution >= 4 is 11.7 Å². The second-order valence-corrected chi connectivity index (χ2v) is 7.44. The van der Waals surface area contributed by atoms with Crippen LogP contribution in [0.3, 0.4) is 0 Å². The van der Waals surface area contributed by atoms with Crippen molar-refractivity contribution in [2.75, 3.05) is 11.9 Å². The topological polar surface area (TPSA) is 101 Å². The molecule has 8 nitrogen and oxygen atoms in total. The van der Waals surface area contributed by atoms with Gasteiger partial charge in [-0.1, -0.05) is 65.8 Å². The molecule has 162 valence electrons. The van der Waals surface area contributed by atoms with Gasteiger partial charge in [0.05, 0.1) is 12.2 Å². The summed E-state index contributed by atoms with van der Waals surface area (Å²) in [7, 11) is 3.32. The first-order chi connectivity index (χ1) is 15.5. The number of anilines is 1. The van der Waals surface area contributed by atoms with Gasteiger partial charge in [0.25, 0.3) is 5.56 Å². The van der Waals surface area contributed by atoms with Gasteiger partial charge >= 0.3 is 0 Å². The van der Waals surface area contributed by atoms with Crippen LogP contribution in [0.25, 0.3) is 0 Å². The molecule has 2 aromatic carbocycles. The van der Waals surface area contributed by atoms with Crippen molar-refractivity contribution in [1.29, 1.82) is 0 Å². The van der Waals surface area contributed by atoms with Crippen LogP contribution < -0.4 is 10.5 Å². The molecular weight excluding hydrogens is 408 g/mol. The fourth-order valence-electron chi connectivity index (χ4n) is 3.70. The number of carbonyl (C=O) groups is 1. The maximum atomic E-state index is 12.8. The summed E-state index contributed by atoms with van der Waals surface area (Å²) in [5.41, 5.74) is 1.52. The van der Waals surface area contributed by atoms with E-state index in [0.717, 1.165) is 11.1 Å². The van der Waals surface area contributed by atoms with E-state index in [-0.39, 0.29) is 24.1 Å². The standard InChI is InChI=1S/C24H22N4O4/c1-27(21(17-9-5-3-6-10-17)18-11-7-4-8-12-18)24-26-20(22(30)23(31)28(24)2)19(29)13-16-14-25-32-15-16/h3-12,14-15,21,30H,13H2,1-2H3. The second kappa shape index (κ2) is 8.89. The Hall–Kier alpha value is -4.20. The first kappa shape index (κ1) is 21.0. The Bertz CT molecular complexity index is 1230. The van der Waals surface area contributed by atoms with E-state index in [1.807, 2.05) is 65.6 Å². The molecule has 8 heteroatoms. The number of benzene rings is 2. The fourth-order valence-corrected chi connectivity index (χ4v) is 3.70. The highest BCUT2D eigenvalue weighted by atomic mass is 16.5. The van der Waals surface area contributed by atoms with Crippen LogP contribution in [0.1, 0.15) is 33.2 Å². The number of Topliss-reactive ketones (excluding diaryl/α,β-unsaturated/α-hetero) is 1. The molecular formula is C24H22N4O4. The molecule has 0 amide bonds. The molecule has 0 fully saturated rings. The lowest BCUT2D eigenvalue weighted by molar-refractivity contribution is 0.0984. The number of aromatic hydroxyl groups is 1. The Morgan fingerprint density at radius 2 is 1.69 bits per heavy atom. The predicted molar refractivity (Wildman–Crippen MR) is 119 cm³/mol. The fraction of sp³-hybridized carbons (Fsp3) is 0.167. The van der Waals surface area contributed by atoms with Gasteiger partial charge in [-0.05, 0) is 11.1 Å². The number of hydrogen-bond acceptors (Lipinski definition) is 7. The maximum Gasteiger partial charge on any atom is 0.297 e. The summed E-state index contributed by atoms with van der Waals surface area (Å²) in [5, 5.41) is 14.0. The van der Waals surface area contributed by atoms with E-state index >= 15 is 0 Å². The normalized spacial score (nSPS) is 11.0. The van der Waals surface area contributed by atoms with Gasteiger partial charge in [0.15, 0.2) is 11.5 Å². The van der Waals surface area contributed by atoms with Crippen molar-refractivity contribution in [3.63, 3.8) is 0 Å². The molecule has 1 N–H and O–H groups in total. The van der Waals surface area contributed by atoms with Gasteiger partial charge in [0.2, 0.25) is 11.7 Å². The molecule has 32 heavy (non-hydrogen) atoms. The summed E-state index contributed by atoms with van der Waals surface area (Å²) in [6.07, 6.45) is 2.65. The molecule has 0 bridgehead atoms. The monoisotopic (exact) mass is 430 g/mol. The lowest BCUT2D eigenvalue weighted by atomic mass is 9.97. The molecule has 2 heterocycles. The van der Waals surface area contributed by atoms with Gasteiger partial charge in [-0.25, -0.2) is 4.98 Å². The minimum absolute atomic E-state index is 0.0961. The van der Waals surface area contributed by atoms with Gasteiger partial charge in [-0.2, -0.15) is 0 Å². The van der Waals surface area contributed by atoms with E-state index in [0.29, 0.717) is 5.56 Å². The van der Waals surface area contributed by atoms with Gasteiger partial charge < -0.3 is 14.5 Å².